The Hall–Kier alpha value is -1.00. The van der Waals surface area contributed by atoms with Crippen LogP contribution in [-0.2, 0) is 9.47 Å². The molecule has 2 fully saturated rings. The molecule has 0 radical (unpaired) electrons. The van der Waals surface area contributed by atoms with Crippen LogP contribution in [0, 0.1) is 11.8 Å². The highest BCUT2D eigenvalue weighted by molar-refractivity contribution is 6.52. The summed E-state index contributed by atoms with van der Waals surface area (Å²) in [5.41, 5.74) is 2.68. The summed E-state index contributed by atoms with van der Waals surface area (Å²) in [4.78, 5) is -2.26. The van der Waals surface area contributed by atoms with Crippen molar-refractivity contribution in [3.8, 4) is 0 Å². The van der Waals surface area contributed by atoms with Gasteiger partial charge in [-0.15, -0.1) is 23.2 Å². The lowest BCUT2D eigenvalue weighted by Gasteiger charge is -2.42. The van der Waals surface area contributed by atoms with Crippen molar-refractivity contribution in [2.75, 3.05) is 14.2 Å². The smallest absolute Gasteiger partial charge is 0.217 e. The zero-order valence-electron chi connectivity index (χ0n) is 17.5. The van der Waals surface area contributed by atoms with E-state index in [4.69, 9.17) is 55.9 Å². The first-order valence-corrected chi connectivity index (χ1v) is 12.4. The fourth-order valence-corrected chi connectivity index (χ4v) is 10.0. The molecule has 0 aromatic heterocycles. The first kappa shape index (κ1) is 20.4. The molecule has 4 bridgehead atoms. The molecule has 2 nitrogen and oxygen atoms in total. The van der Waals surface area contributed by atoms with E-state index in [1.54, 1.807) is 14.2 Å². The molecule has 4 aliphatic rings. The van der Waals surface area contributed by atoms with Gasteiger partial charge in [0.25, 0.3) is 0 Å². The number of benzene rings is 3. The molecule has 7 rings (SSSR count). The maximum absolute atomic E-state index is 7.40. The number of methoxy groups -OCH3 is 2. The van der Waals surface area contributed by atoms with E-state index >= 15 is 0 Å². The molecule has 164 valence electrons. The summed E-state index contributed by atoms with van der Waals surface area (Å²) < 4.78 is 11.9. The van der Waals surface area contributed by atoms with Gasteiger partial charge in [0.1, 0.15) is 9.75 Å². The van der Waals surface area contributed by atoms with E-state index in [0.717, 1.165) is 6.42 Å². The van der Waals surface area contributed by atoms with Crippen LogP contribution < -0.4 is 0 Å². The van der Waals surface area contributed by atoms with E-state index < -0.39 is 15.5 Å². The average Bonchev–Trinajstić information content (AvgIpc) is 3.45. The highest BCUT2D eigenvalue weighted by Crippen LogP contribution is 2.82. The molecule has 6 heteroatoms. The lowest BCUT2D eigenvalue weighted by Crippen LogP contribution is -2.58. The summed E-state index contributed by atoms with van der Waals surface area (Å²) in [6, 6.07) is 17.7. The van der Waals surface area contributed by atoms with E-state index in [2.05, 4.69) is 48.5 Å². The third-order valence-corrected chi connectivity index (χ3v) is 11.4. The van der Waals surface area contributed by atoms with E-state index in [-0.39, 0.29) is 23.7 Å². The van der Waals surface area contributed by atoms with Gasteiger partial charge < -0.3 is 9.47 Å². The Morgan fingerprint density at radius 1 is 0.719 bits per heavy atom. The normalized spacial score (nSPS) is 38.2. The van der Waals surface area contributed by atoms with Gasteiger partial charge in [-0.25, -0.2) is 0 Å². The van der Waals surface area contributed by atoms with Crippen LogP contribution in [0.3, 0.4) is 0 Å². The van der Waals surface area contributed by atoms with Crippen molar-refractivity contribution in [3.05, 3.63) is 69.7 Å². The van der Waals surface area contributed by atoms with Gasteiger partial charge in [0.2, 0.25) is 5.79 Å². The maximum Gasteiger partial charge on any atom is 0.217 e. The Morgan fingerprint density at radius 3 is 1.56 bits per heavy atom. The standard InChI is InChI=1S/C26H20Cl4O2/c1-31-26(32-2)24(29)20-18-11-19(21(20)25(26,30)23(28)22(24)27)17-10-15-8-13-6-4-3-5-12(13)7-14(15)9-16(17)18/h3-10,18-21H,11H2,1-2H3/t18-,19+,20-,21+,24-,25+. The summed E-state index contributed by atoms with van der Waals surface area (Å²) in [6.45, 7) is 0. The second kappa shape index (κ2) is 6.16. The van der Waals surface area contributed by atoms with E-state index in [1.807, 2.05) is 0 Å². The quantitative estimate of drug-likeness (QED) is 0.155. The van der Waals surface area contributed by atoms with Gasteiger partial charge in [0, 0.05) is 26.1 Å². The van der Waals surface area contributed by atoms with Crippen molar-refractivity contribution < 1.29 is 9.47 Å². The molecule has 2 saturated carbocycles. The molecule has 0 saturated heterocycles. The first-order valence-electron chi connectivity index (χ1n) is 10.8. The second-order valence-electron chi connectivity index (χ2n) is 9.60. The van der Waals surface area contributed by atoms with Crippen molar-refractivity contribution >= 4 is 67.9 Å². The predicted molar refractivity (Wildman–Crippen MR) is 131 cm³/mol. The number of ether oxygens (including phenoxy) is 2. The summed E-state index contributed by atoms with van der Waals surface area (Å²) in [5.74, 6) is -0.923. The summed E-state index contributed by atoms with van der Waals surface area (Å²) in [7, 11) is 3.15. The summed E-state index contributed by atoms with van der Waals surface area (Å²) in [5, 5.41) is 5.69. The Morgan fingerprint density at radius 2 is 1.16 bits per heavy atom. The molecule has 3 aromatic carbocycles. The van der Waals surface area contributed by atoms with Gasteiger partial charge >= 0.3 is 0 Å². The zero-order chi connectivity index (χ0) is 22.2. The van der Waals surface area contributed by atoms with Crippen LogP contribution in [0.4, 0.5) is 0 Å². The molecule has 4 aliphatic carbocycles. The molecular formula is C26H20Cl4O2. The Kier molecular flexibility index (Phi) is 3.92. The average molecular weight is 506 g/mol. The fraction of sp³-hybridized carbons (Fsp3) is 0.385. The van der Waals surface area contributed by atoms with Crippen LogP contribution >= 0.6 is 46.4 Å². The third kappa shape index (κ3) is 1.88. The van der Waals surface area contributed by atoms with Crippen LogP contribution in [0.15, 0.2) is 58.6 Å². The molecule has 0 unspecified atom stereocenters. The van der Waals surface area contributed by atoms with Crippen LogP contribution in [0.5, 0.6) is 0 Å². The van der Waals surface area contributed by atoms with Crippen molar-refractivity contribution in [2.45, 2.75) is 33.8 Å². The van der Waals surface area contributed by atoms with Gasteiger partial charge in [-0.1, -0.05) is 59.6 Å². The Bertz CT molecular complexity index is 1280. The molecular weight excluding hydrogens is 486 g/mol. The minimum absolute atomic E-state index is 0.0213. The lowest BCUT2D eigenvalue weighted by atomic mass is 9.70. The van der Waals surface area contributed by atoms with Crippen molar-refractivity contribution in [2.24, 2.45) is 11.8 Å². The van der Waals surface area contributed by atoms with Gasteiger partial charge in [-0.05, 0) is 63.1 Å². The number of alkyl halides is 2. The van der Waals surface area contributed by atoms with Crippen molar-refractivity contribution in [1.82, 2.24) is 0 Å². The largest absolute Gasteiger partial charge is 0.350 e. The van der Waals surface area contributed by atoms with Gasteiger partial charge in [-0.3, -0.25) is 0 Å². The van der Waals surface area contributed by atoms with Crippen LogP contribution in [0.25, 0.3) is 21.5 Å². The molecule has 32 heavy (non-hydrogen) atoms. The van der Waals surface area contributed by atoms with Crippen LogP contribution in [0.1, 0.15) is 29.4 Å². The highest BCUT2D eigenvalue weighted by atomic mass is 35.5. The number of hydrogen-bond acceptors (Lipinski definition) is 2. The molecule has 0 spiro atoms. The molecule has 0 amide bonds. The number of hydrogen-bond donors (Lipinski definition) is 0. The Labute approximate surface area is 206 Å². The monoisotopic (exact) mass is 504 g/mol. The van der Waals surface area contributed by atoms with E-state index in [9.17, 15) is 0 Å². The van der Waals surface area contributed by atoms with Crippen molar-refractivity contribution in [1.29, 1.82) is 0 Å². The highest BCUT2D eigenvalue weighted by Gasteiger charge is 2.88. The van der Waals surface area contributed by atoms with Gasteiger partial charge in [0.15, 0.2) is 0 Å². The maximum atomic E-state index is 7.40. The topological polar surface area (TPSA) is 18.5 Å². The molecule has 0 N–H and O–H groups in total. The van der Waals surface area contributed by atoms with Crippen LogP contribution in [0.2, 0.25) is 0 Å². The summed E-state index contributed by atoms with van der Waals surface area (Å²) in [6.07, 6.45) is 0.987. The fourth-order valence-electron chi connectivity index (χ4n) is 7.71. The molecule has 3 aromatic rings. The lowest BCUT2D eigenvalue weighted by molar-refractivity contribution is -0.221. The number of halogens is 4. The van der Waals surface area contributed by atoms with Gasteiger partial charge in [-0.2, -0.15) is 0 Å². The third-order valence-electron chi connectivity index (χ3n) is 8.75. The predicted octanol–water partition coefficient (Wildman–Crippen LogP) is 7.47. The first-order chi connectivity index (χ1) is 15.3. The van der Waals surface area contributed by atoms with E-state index in [0.29, 0.717) is 10.1 Å². The summed E-state index contributed by atoms with van der Waals surface area (Å²) >= 11 is 28.4. The Balaban J connectivity index is 1.48. The van der Waals surface area contributed by atoms with E-state index in [1.165, 1.54) is 32.7 Å². The number of fused-ring (bicyclic) bond motifs is 14. The molecule has 0 heterocycles. The minimum atomic E-state index is -1.32. The minimum Gasteiger partial charge on any atom is -0.350 e. The number of rotatable bonds is 2. The molecule has 6 atom stereocenters. The zero-order valence-corrected chi connectivity index (χ0v) is 20.5. The van der Waals surface area contributed by atoms with Crippen molar-refractivity contribution in [3.63, 3.8) is 0 Å². The SMILES string of the molecule is COC1(OC)[C@@]2(Cl)C(Cl)=C(Cl)[C@]1(Cl)[C@H]1[C@@H]2[C@H]2C[C@@H]1c1cc3cc4ccccc4cc3cc12. The van der Waals surface area contributed by atoms with Gasteiger partial charge in [0.05, 0.1) is 10.1 Å². The second-order valence-corrected chi connectivity index (χ2v) is 11.6. The molecule has 0 aliphatic heterocycles. The van der Waals surface area contributed by atoms with Crippen LogP contribution in [-0.4, -0.2) is 29.8 Å².